The highest BCUT2D eigenvalue weighted by atomic mass is 16.6. The summed E-state index contributed by atoms with van der Waals surface area (Å²) in [5.41, 5.74) is 4.78. The fourth-order valence-electron chi connectivity index (χ4n) is 5.04. The second kappa shape index (κ2) is 11.8. The number of piperidine rings is 1. The van der Waals surface area contributed by atoms with Crippen molar-refractivity contribution in [2.75, 3.05) is 35.3 Å². The van der Waals surface area contributed by atoms with Gasteiger partial charge in [-0.25, -0.2) is 0 Å². The second-order valence-electron chi connectivity index (χ2n) is 9.78. The summed E-state index contributed by atoms with van der Waals surface area (Å²) in [5, 5.41) is 13.9. The van der Waals surface area contributed by atoms with Gasteiger partial charge in [0.05, 0.1) is 16.3 Å². The maximum Gasteiger partial charge on any atom is 0.269 e. The Bertz CT molecular complexity index is 1530. The molecule has 0 unspecified atom stereocenters. The van der Waals surface area contributed by atoms with Crippen molar-refractivity contribution in [1.29, 1.82) is 0 Å². The smallest absolute Gasteiger partial charge is 0.269 e. The van der Waals surface area contributed by atoms with E-state index in [1.165, 1.54) is 18.6 Å². The van der Waals surface area contributed by atoms with E-state index in [-0.39, 0.29) is 17.5 Å². The molecule has 0 aliphatic carbocycles. The highest BCUT2D eigenvalue weighted by molar-refractivity contribution is 6.10. The van der Waals surface area contributed by atoms with Crippen molar-refractivity contribution in [2.45, 2.75) is 19.3 Å². The van der Waals surface area contributed by atoms with Crippen LogP contribution in [0.5, 0.6) is 0 Å². The number of hydrogen-bond donors (Lipinski definition) is 1. The summed E-state index contributed by atoms with van der Waals surface area (Å²) in [6, 6.07) is 28.0. The van der Waals surface area contributed by atoms with Gasteiger partial charge in [0, 0.05) is 49.1 Å². The van der Waals surface area contributed by atoms with Crippen LogP contribution in [0.4, 0.5) is 22.7 Å². The Labute approximate surface area is 233 Å². The van der Waals surface area contributed by atoms with Gasteiger partial charge in [-0.1, -0.05) is 30.3 Å². The Balaban J connectivity index is 1.30. The van der Waals surface area contributed by atoms with Crippen molar-refractivity contribution in [1.82, 2.24) is 0 Å². The third-order valence-electron chi connectivity index (χ3n) is 7.20. The number of carbonyl (C=O) groups is 2. The Morgan fingerprint density at radius 3 is 2.17 bits per heavy atom. The first kappa shape index (κ1) is 26.6. The van der Waals surface area contributed by atoms with Crippen molar-refractivity contribution in [2.24, 2.45) is 0 Å². The van der Waals surface area contributed by atoms with Crippen LogP contribution in [0, 0.1) is 10.1 Å². The first-order valence-corrected chi connectivity index (χ1v) is 13.3. The van der Waals surface area contributed by atoms with Crippen molar-refractivity contribution < 1.29 is 14.5 Å². The topological polar surface area (TPSA) is 95.8 Å². The SMILES string of the molecule is CN(C(=O)c1ccc(NC(=O)c2ccccc2-c2ccc([N+](=O)[O-])cc2)cc1)c1ccccc1N1CCCCC1. The maximum atomic E-state index is 13.4. The molecule has 0 bridgehead atoms. The zero-order valence-electron chi connectivity index (χ0n) is 22.2. The number of nitrogens with zero attached hydrogens (tertiary/aromatic N) is 3. The minimum atomic E-state index is -0.456. The van der Waals surface area contributed by atoms with E-state index in [0.29, 0.717) is 27.9 Å². The summed E-state index contributed by atoms with van der Waals surface area (Å²) in [6.45, 7) is 1.97. The molecular weight excluding hydrogens is 504 g/mol. The number of hydrogen-bond acceptors (Lipinski definition) is 5. The van der Waals surface area contributed by atoms with Gasteiger partial charge in [-0.2, -0.15) is 0 Å². The van der Waals surface area contributed by atoms with Crippen molar-refractivity contribution in [3.63, 3.8) is 0 Å². The van der Waals surface area contributed by atoms with Gasteiger partial charge < -0.3 is 15.1 Å². The summed E-state index contributed by atoms with van der Waals surface area (Å²) in [7, 11) is 1.79. The standard InChI is InChI=1S/C32H30N4O4/c1-34(29-11-5-6-12-30(29)35-21-7-2-8-22-35)32(38)24-13-17-25(18-14-24)33-31(37)28-10-4-3-9-27(28)23-15-19-26(20-16-23)36(39)40/h3-6,9-20H,2,7-8,21-22H2,1H3,(H,33,37). The fraction of sp³-hybridized carbons (Fsp3) is 0.188. The molecule has 1 N–H and O–H groups in total. The predicted molar refractivity (Wildman–Crippen MR) is 158 cm³/mol. The molecule has 1 fully saturated rings. The molecule has 0 atom stereocenters. The number of benzene rings is 4. The van der Waals surface area contributed by atoms with Crippen molar-refractivity contribution >= 4 is 34.6 Å². The average molecular weight is 535 g/mol. The normalized spacial score (nSPS) is 13.0. The van der Waals surface area contributed by atoms with Crippen LogP contribution in [-0.4, -0.2) is 36.9 Å². The fourth-order valence-corrected chi connectivity index (χ4v) is 5.04. The molecule has 1 heterocycles. The van der Waals surface area contributed by atoms with Gasteiger partial charge in [0.1, 0.15) is 0 Å². The van der Waals surface area contributed by atoms with Crippen LogP contribution in [0.25, 0.3) is 11.1 Å². The molecule has 1 aliphatic heterocycles. The monoisotopic (exact) mass is 534 g/mol. The Kier molecular flexibility index (Phi) is 7.87. The van der Waals surface area contributed by atoms with Crippen LogP contribution >= 0.6 is 0 Å². The van der Waals surface area contributed by atoms with Gasteiger partial charge in [-0.05, 0) is 85.0 Å². The molecule has 0 saturated carbocycles. The number of rotatable bonds is 7. The molecule has 0 radical (unpaired) electrons. The molecule has 4 aromatic rings. The molecule has 0 aromatic heterocycles. The van der Waals surface area contributed by atoms with E-state index < -0.39 is 4.92 Å². The van der Waals surface area contributed by atoms with E-state index in [1.54, 1.807) is 66.5 Å². The van der Waals surface area contributed by atoms with Crippen LogP contribution in [0.2, 0.25) is 0 Å². The quantitative estimate of drug-likeness (QED) is 0.208. The number of non-ortho nitro benzene ring substituents is 1. The number of carbonyl (C=O) groups excluding carboxylic acids is 2. The van der Waals surface area contributed by atoms with Gasteiger partial charge in [0.25, 0.3) is 17.5 Å². The summed E-state index contributed by atoms with van der Waals surface area (Å²) in [4.78, 5) is 41.1. The van der Waals surface area contributed by atoms with Gasteiger partial charge in [0.2, 0.25) is 0 Å². The zero-order chi connectivity index (χ0) is 28.1. The molecule has 202 valence electrons. The predicted octanol–water partition coefficient (Wildman–Crippen LogP) is 6.78. The number of amides is 2. The number of nitro groups is 1. The molecule has 8 nitrogen and oxygen atoms in total. The highest BCUT2D eigenvalue weighted by Gasteiger charge is 2.21. The molecule has 5 rings (SSSR count). The summed E-state index contributed by atoms with van der Waals surface area (Å²) < 4.78 is 0. The van der Waals surface area contributed by atoms with E-state index in [4.69, 9.17) is 0 Å². The van der Waals surface area contributed by atoms with Crippen LogP contribution in [0.1, 0.15) is 40.0 Å². The van der Waals surface area contributed by atoms with E-state index in [1.807, 2.05) is 24.3 Å². The summed E-state index contributed by atoms with van der Waals surface area (Å²) >= 11 is 0. The number of nitrogens with one attached hydrogen (secondary N) is 1. The molecule has 2 amide bonds. The number of nitro benzene ring substituents is 1. The summed E-state index contributed by atoms with van der Waals surface area (Å²) in [6.07, 6.45) is 3.54. The third-order valence-corrected chi connectivity index (χ3v) is 7.20. The van der Waals surface area contributed by atoms with Gasteiger partial charge >= 0.3 is 0 Å². The largest absolute Gasteiger partial charge is 0.370 e. The molecule has 8 heteroatoms. The Hall–Kier alpha value is -4.98. The first-order valence-electron chi connectivity index (χ1n) is 13.3. The van der Waals surface area contributed by atoms with Crippen LogP contribution in [0.3, 0.4) is 0 Å². The highest BCUT2D eigenvalue weighted by Crippen LogP contribution is 2.32. The van der Waals surface area contributed by atoms with Crippen molar-refractivity contribution in [3.8, 4) is 11.1 Å². The van der Waals surface area contributed by atoms with E-state index in [9.17, 15) is 19.7 Å². The Morgan fingerprint density at radius 1 is 0.825 bits per heavy atom. The molecule has 1 saturated heterocycles. The van der Waals surface area contributed by atoms with Crippen LogP contribution in [0.15, 0.2) is 97.1 Å². The lowest BCUT2D eigenvalue weighted by Crippen LogP contribution is -2.33. The van der Waals surface area contributed by atoms with Crippen LogP contribution < -0.4 is 15.1 Å². The minimum Gasteiger partial charge on any atom is -0.370 e. The second-order valence-corrected chi connectivity index (χ2v) is 9.78. The zero-order valence-corrected chi connectivity index (χ0v) is 22.2. The van der Waals surface area contributed by atoms with E-state index >= 15 is 0 Å². The molecular formula is C32H30N4O4. The van der Waals surface area contributed by atoms with Gasteiger partial charge in [0.15, 0.2) is 0 Å². The van der Waals surface area contributed by atoms with E-state index in [0.717, 1.165) is 37.3 Å². The lowest BCUT2D eigenvalue weighted by atomic mass is 9.99. The lowest BCUT2D eigenvalue weighted by molar-refractivity contribution is -0.384. The number of anilines is 3. The van der Waals surface area contributed by atoms with Crippen molar-refractivity contribution in [3.05, 3.63) is 118 Å². The number of para-hydroxylation sites is 2. The third kappa shape index (κ3) is 5.71. The van der Waals surface area contributed by atoms with Gasteiger partial charge in [-0.15, -0.1) is 0 Å². The minimum absolute atomic E-state index is 0.0130. The Morgan fingerprint density at radius 2 is 1.48 bits per heavy atom. The maximum absolute atomic E-state index is 13.4. The lowest BCUT2D eigenvalue weighted by Gasteiger charge is -2.32. The van der Waals surface area contributed by atoms with E-state index in [2.05, 4.69) is 16.3 Å². The average Bonchev–Trinajstić information content (AvgIpc) is 3.01. The van der Waals surface area contributed by atoms with Gasteiger partial charge in [-0.3, -0.25) is 19.7 Å². The summed E-state index contributed by atoms with van der Waals surface area (Å²) in [5.74, 6) is -0.452. The van der Waals surface area contributed by atoms with Crippen LogP contribution in [-0.2, 0) is 0 Å². The molecule has 1 aliphatic rings. The first-order chi connectivity index (χ1) is 19.4. The molecule has 4 aromatic carbocycles. The molecule has 40 heavy (non-hydrogen) atoms. The molecule has 0 spiro atoms.